The van der Waals surface area contributed by atoms with Crippen molar-refractivity contribution in [1.29, 1.82) is 0 Å². The van der Waals surface area contributed by atoms with E-state index < -0.39 is 10.2 Å². The maximum atomic E-state index is 12.3. The van der Waals surface area contributed by atoms with Crippen LogP contribution in [0, 0.1) is 5.92 Å². The van der Waals surface area contributed by atoms with Gasteiger partial charge in [-0.25, -0.2) is 0 Å². The molecule has 0 radical (unpaired) electrons. The average molecular weight is 303 g/mol. The van der Waals surface area contributed by atoms with Gasteiger partial charge in [-0.05, 0) is 18.8 Å². The first kappa shape index (κ1) is 15.5. The lowest BCUT2D eigenvalue weighted by Crippen LogP contribution is -2.48. The van der Waals surface area contributed by atoms with Crippen molar-refractivity contribution in [2.75, 3.05) is 37.9 Å². The summed E-state index contributed by atoms with van der Waals surface area (Å²) in [6, 6.07) is 0. The largest absolute Gasteiger partial charge is 0.282 e. The molecule has 0 saturated carbocycles. The topological polar surface area (TPSA) is 40.6 Å². The fourth-order valence-electron chi connectivity index (χ4n) is 2.05. The Morgan fingerprint density at radius 2 is 1.88 bits per heavy atom. The smallest absolute Gasteiger partial charge is 0.195 e. The highest BCUT2D eigenvalue weighted by Gasteiger charge is 2.31. The fraction of sp³-hybridized carbons (Fsp3) is 1.00. The van der Waals surface area contributed by atoms with Gasteiger partial charge in [-0.1, -0.05) is 6.92 Å². The van der Waals surface area contributed by atoms with Gasteiger partial charge in [0.15, 0.2) is 0 Å². The molecule has 1 rings (SSSR count). The number of alkyl halides is 2. The molecular weight excluding hydrogens is 283 g/mol. The van der Waals surface area contributed by atoms with E-state index in [9.17, 15) is 8.42 Å². The summed E-state index contributed by atoms with van der Waals surface area (Å²) in [5.74, 6) is 1.01. The number of piperidine rings is 1. The monoisotopic (exact) mass is 302 g/mol. The Kier molecular flexibility index (Phi) is 6.51. The van der Waals surface area contributed by atoms with Crippen LogP contribution in [0.2, 0.25) is 0 Å². The third kappa shape index (κ3) is 4.24. The van der Waals surface area contributed by atoms with Crippen LogP contribution in [0.5, 0.6) is 0 Å². The van der Waals surface area contributed by atoms with Crippen LogP contribution in [-0.2, 0) is 10.2 Å². The second-order valence-electron chi connectivity index (χ2n) is 4.39. The predicted molar refractivity (Wildman–Crippen MR) is 71.9 cm³/mol. The maximum Gasteiger partial charge on any atom is 0.282 e. The minimum absolute atomic E-state index is 0.291. The molecule has 1 unspecified atom stereocenters. The minimum atomic E-state index is -3.38. The quantitative estimate of drug-likeness (QED) is 0.701. The molecule has 1 heterocycles. The Bertz CT molecular complexity index is 308. The van der Waals surface area contributed by atoms with Crippen molar-refractivity contribution in [2.24, 2.45) is 5.92 Å². The van der Waals surface area contributed by atoms with Gasteiger partial charge in [0, 0.05) is 37.9 Å². The van der Waals surface area contributed by atoms with Crippen molar-refractivity contribution in [2.45, 2.75) is 19.8 Å². The van der Waals surface area contributed by atoms with E-state index >= 15 is 0 Å². The van der Waals surface area contributed by atoms with E-state index in [1.54, 1.807) is 4.31 Å². The third-order valence-corrected chi connectivity index (χ3v) is 5.28. The summed E-state index contributed by atoms with van der Waals surface area (Å²) < 4.78 is 27.6. The molecule has 1 fully saturated rings. The van der Waals surface area contributed by atoms with E-state index in [0.29, 0.717) is 43.9 Å². The number of hydrogen-bond donors (Lipinski definition) is 0. The molecule has 17 heavy (non-hydrogen) atoms. The number of hydrogen-bond acceptors (Lipinski definition) is 2. The molecule has 7 heteroatoms. The van der Waals surface area contributed by atoms with Crippen LogP contribution in [0.3, 0.4) is 0 Å². The van der Waals surface area contributed by atoms with E-state index in [1.165, 1.54) is 4.31 Å². The summed E-state index contributed by atoms with van der Waals surface area (Å²) in [5, 5.41) is 0. The van der Waals surface area contributed by atoms with E-state index in [0.717, 1.165) is 12.8 Å². The molecule has 1 atom stereocenters. The summed E-state index contributed by atoms with van der Waals surface area (Å²) >= 11 is 11.3. The molecule has 1 aliphatic heterocycles. The van der Waals surface area contributed by atoms with Gasteiger partial charge >= 0.3 is 0 Å². The normalized spacial score (nSPS) is 23.2. The maximum absolute atomic E-state index is 12.3. The van der Waals surface area contributed by atoms with E-state index in [2.05, 4.69) is 6.92 Å². The van der Waals surface area contributed by atoms with Crippen molar-refractivity contribution in [1.82, 2.24) is 8.61 Å². The molecule has 4 nitrogen and oxygen atoms in total. The van der Waals surface area contributed by atoms with Crippen molar-refractivity contribution in [3.63, 3.8) is 0 Å². The highest BCUT2D eigenvalue weighted by atomic mass is 35.5. The van der Waals surface area contributed by atoms with Crippen molar-refractivity contribution in [3.8, 4) is 0 Å². The van der Waals surface area contributed by atoms with Gasteiger partial charge < -0.3 is 0 Å². The summed E-state index contributed by atoms with van der Waals surface area (Å²) in [4.78, 5) is 0. The summed E-state index contributed by atoms with van der Waals surface area (Å²) in [5.41, 5.74) is 0. The summed E-state index contributed by atoms with van der Waals surface area (Å²) in [7, 11) is -3.38. The zero-order valence-corrected chi connectivity index (χ0v) is 12.4. The summed E-state index contributed by atoms with van der Waals surface area (Å²) in [6.45, 7) is 3.93. The lowest BCUT2D eigenvalue weighted by atomic mass is 10.0. The van der Waals surface area contributed by atoms with Crippen LogP contribution in [0.15, 0.2) is 0 Å². The molecule has 0 spiro atoms. The molecule has 0 aliphatic carbocycles. The minimum Gasteiger partial charge on any atom is -0.195 e. The average Bonchev–Trinajstić information content (AvgIpc) is 2.29. The van der Waals surface area contributed by atoms with Gasteiger partial charge in [0.1, 0.15) is 0 Å². The zero-order chi connectivity index (χ0) is 12.9. The molecule has 102 valence electrons. The molecule has 0 aromatic carbocycles. The van der Waals surface area contributed by atoms with Gasteiger partial charge in [-0.15, -0.1) is 23.2 Å². The SMILES string of the molecule is CC1CCCN(S(=O)(=O)N(CCCl)CCCl)C1. The van der Waals surface area contributed by atoms with Crippen LogP contribution in [-0.4, -0.2) is 55.0 Å². The second kappa shape index (κ2) is 7.14. The van der Waals surface area contributed by atoms with Crippen LogP contribution in [0.25, 0.3) is 0 Å². The van der Waals surface area contributed by atoms with Gasteiger partial charge in [-0.2, -0.15) is 17.0 Å². The van der Waals surface area contributed by atoms with Crippen molar-refractivity contribution in [3.05, 3.63) is 0 Å². The Morgan fingerprint density at radius 3 is 2.35 bits per heavy atom. The Balaban J connectivity index is 2.75. The number of halogens is 2. The standard InChI is InChI=1S/C10H20Cl2N2O2S/c1-10-3-2-6-14(9-10)17(15,16)13(7-4-11)8-5-12/h10H,2-9H2,1H3. The molecular formula is C10H20Cl2N2O2S. The lowest BCUT2D eigenvalue weighted by Gasteiger charge is -2.34. The second-order valence-corrected chi connectivity index (χ2v) is 7.07. The highest BCUT2D eigenvalue weighted by Crippen LogP contribution is 2.20. The van der Waals surface area contributed by atoms with Crippen LogP contribution < -0.4 is 0 Å². The van der Waals surface area contributed by atoms with E-state index in [4.69, 9.17) is 23.2 Å². The first-order valence-corrected chi connectivity index (χ1v) is 8.36. The van der Waals surface area contributed by atoms with Gasteiger partial charge in [0.05, 0.1) is 0 Å². The molecule has 1 saturated heterocycles. The Hall–Kier alpha value is 0.450. The Morgan fingerprint density at radius 1 is 1.29 bits per heavy atom. The predicted octanol–water partition coefficient (Wildman–Crippen LogP) is 1.74. The molecule has 0 amide bonds. The highest BCUT2D eigenvalue weighted by molar-refractivity contribution is 7.86. The van der Waals surface area contributed by atoms with Crippen LogP contribution in [0.4, 0.5) is 0 Å². The number of nitrogens with zero attached hydrogens (tertiary/aromatic N) is 2. The summed E-state index contributed by atoms with van der Waals surface area (Å²) in [6.07, 6.45) is 2.02. The molecule has 0 aromatic heterocycles. The van der Waals surface area contributed by atoms with Gasteiger partial charge in [0.25, 0.3) is 10.2 Å². The van der Waals surface area contributed by atoms with Gasteiger partial charge in [0.2, 0.25) is 0 Å². The van der Waals surface area contributed by atoms with E-state index in [-0.39, 0.29) is 0 Å². The van der Waals surface area contributed by atoms with Crippen molar-refractivity contribution >= 4 is 33.4 Å². The zero-order valence-electron chi connectivity index (χ0n) is 10.1. The lowest BCUT2D eigenvalue weighted by molar-refractivity contribution is 0.261. The van der Waals surface area contributed by atoms with E-state index in [1.807, 2.05) is 0 Å². The van der Waals surface area contributed by atoms with Crippen molar-refractivity contribution < 1.29 is 8.42 Å². The van der Waals surface area contributed by atoms with Crippen LogP contribution >= 0.6 is 23.2 Å². The first-order chi connectivity index (χ1) is 8.02. The fourth-order valence-corrected chi connectivity index (χ4v) is 4.43. The first-order valence-electron chi connectivity index (χ1n) is 5.89. The Labute approximate surface area is 114 Å². The van der Waals surface area contributed by atoms with Gasteiger partial charge in [-0.3, -0.25) is 0 Å². The molecule has 1 aliphatic rings. The molecule has 0 N–H and O–H groups in total. The third-order valence-electron chi connectivity index (χ3n) is 2.94. The molecule has 0 bridgehead atoms. The molecule has 0 aromatic rings. The number of rotatable bonds is 6. The van der Waals surface area contributed by atoms with Crippen LogP contribution in [0.1, 0.15) is 19.8 Å².